The molecular weight excluding hydrogens is 917 g/mol. The van der Waals surface area contributed by atoms with E-state index in [1.807, 2.05) is 0 Å². The molecule has 0 atom stereocenters. The number of para-hydroxylation sites is 2. The Bertz CT molecular complexity index is 3740. The van der Waals surface area contributed by atoms with Crippen molar-refractivity contribution in [2.45, 2.75) is 52.4 Å². The van der Waals surface area contributed by atoms with E-state index in [0.717, 1.165) is 34.1 Å². The molecule has 0 saturated carbocycles. The van der Waals surface area contributed by atoms with Crippen molar-refractivity contribution < 1.29 is 0 Å². The fraction of sp³-hybridized carbons (Fsp3) is 0.108. The van der Waals surface area contributed by atoms with Crippen molar-refractivity contribution in [3.8, 4) is 66.8 Å². The molecule has 11 aromatic rings. The first kappa shape index (κ1) is 46.8. The lowest BCUT2D eigenvalue weighted by Gasteiger charge is -2.32. The van der Waals surface area contributed by atoms with E-state index in [1.54, 1.807) is 0 Å². The van der Waals surface area contributed by atoms with Crippen molar-refractivity contribution in [1.29, 1.82) is 0 Å². The molecule has 76 heavy (non-hydrogen) atoms. The topological polar surface area (TPSA) is 6.48 Å². The maximum Gasteiger partial charge on any atom is 0.0467 e. The summed E-state index contributed by atoms with van der Waals surface area (Å²) in [6.45, 7) is 14.5. The van der Waals surface area contributed by atoms with Crippen LogP contribution in [0.2, 0.25) is 0 Å². The molecule has 2 aliphatic rings. The summed E-state index contributed by atoms with van der Waals surface area (Å²) in [5, 5.41) is 0. The zero-order chi connectivity index (χ0) is 51.7. The van der Waals surface area contributed by atoms with Gasteiger partial charge in [-0.25, -0.2) is 0 Å². The minimum absolute atomic E-state index is 0.288. The van der Waals surface area contributed by atoms with Gasteiger partial charge in [0, 0.05) is 45.0 Å². The largest absolute Gasteiger partial charge is 0.310 e. The Morgan fingerprint density at radius 2 is 0.539 bits per heavy atom. The molecule has 2 heteroatoms. The van der Waals surface area contributed by atoms with Crippen LogP contribution in [-0.2, 0) is 10.8 Å². The van der Waals surface area contributed by atoms with Gasteiger partial charge in [-0.1, -0.05) is 198 Å². The highest BCUT2D eigenvalue weighted by atomic mass is 15.1. The number of nitrogens with zero attached hydrogens (tertiary/aromatic N) is 2. The normalized spacial score (nSPS) is 13.3. The number of benzene rings is 11. The molecule has 2 aliphatic carbocycles. The second-order valence-electron chi connectivity index (χ2n) is 21.9. The lowest BCUT2D eigenvalue weighted by atomic mass is 9.72. The van der Waals surface area contributed by atoms with E-state index in [4.69, 9.17) is 0 Å². The van der Waals surface area contributed by atoms with Gasteiger partial charge >= 0.3 is 0 Å². The molecule has 0 heterocycles. The van der Waals surface area contributed by atoms with Gasteiger partial charge in [0.05, 0.1) is 0 Å². The van der Waals surface area contributed by atoms with Gasteiger partial charge in [0.2, 0.25) is 0 Å². The second kappa shape index (κ2) is 18.4. The predicted molar refractivity (Wildman–Crippen MR) is 322 cm³/mol. The quantitative estimate of drug-likeness (QED) is 0.135. The Labute approximate surface area is 448 Å². The van der Waals surface area contributed by atoms with E-state index in [2.05, 4.69) is 306 Å². The number of aryl methyl sites for hydroxylation is 2. The maximum atomic E-state index is 2.49. The van der Waals surface area contributed by atoms with Crippen LogP contribution in [0.15, 0.2) is 255 Å². The SMILES string of the molecule is Cc1cc(N(c2ccccc2)c2cccc(-c3cccc(-c4ccccc4)c3)c2)cc2c1-c1ccc3c(c1C2(C)C)C(C)(C)c1cc(N(c2ccccc2)c2cccc(-c4cccc(-c5ccccc5)c4)c2)cc(C)c1-3. The molecule has 0 N–H and O–H groups in total. The van der Waals surface area contributed by atoms with Crippen LogP contribution in [-0.4, -0.2) is 0 Å². The van der Waals surface area contributed by atoms with Gasteiger partial charge in [-0.15, -0.1) is 0 Å². The Hall–Kier alpha value is -8.98. The number of hydrogen-bond donors (Lipinski definition) is 0. The highest BCUT2D eigenvalue weighted by Crippen LogP contribution is 2.61. The summed E-state index contributed by atoms with van der Waals surface area (Å²) in [6.07, 6.45) is 0. The van der Waals surface area contributed by atoms with Crippen LogP contribution in [0.4, 0.5) is 34.1 Å². The summed E-state index contributed by atoms with van der Waals surface area (Å²) >= 11 is 0. The maximum absolute atomic E-state index is 2.49. The van der Waals surface area contributed by atoms with E-state index in [9.17, 15) is 0 Å². The summed E-state index contributed by atoms with van der Waals surface area (Å²) < 4.78 is 0. The summed E-state index contributed by atoms with van der Waals surface area (Å²) in [6, 6.07) is 93.6. The van der Waals surface area contributed by atoms with E-state index in [1.165, 1.54) is 100 Å². The molecule has 0 fully saturated rings. The molecule has 0 aromatic heterocycles. The van der Waals surface area contributed by atoms with Crippen molar-refractivity contribution in [2.75, 3.05) is 9.80 Å². The summed E-state index contributed by atoms with van der Waals surface area (Å²) in [5.74, 6) is 0. The third-order valence-corrected chi connectivity index (χ3v) is 16.3. The highest BCUT2D eigenvalue weighted by molar-refractivity contribution is 5.96. The molecule has 0 amide bonds. The Morgan fingerprint density at radius 3 is 0.908 bits per heavy atom. The molecule has 0 saturated heterocycles. The van der Waals surface area contributed by atoms with Crippen LogP contribution < -0.4 is 9.80 Å². The van der Waals surface area contributed by atoms with E-state index < -0.39 is 0 Å². The first-order chi connectivity index (χ1) is 37.0. The molecule has 11 aromatic carbocycles. The number of hydrogen-bond acceptors (Lipinski definition) is 2. The van der Waals surface area contributed by atoms with E-state index >= 15 is 0 Å². The Kier molecular flexibility index (Phi) is 11.4. The van der Waals surface area contributed by atoms with Crippen LogP contribution >= 0.6 is 0 Å². The third kappa shape index (κ3) is 7.87. The van der Waals surface area contributed by atoms with Crippen LogP contribution in [0.1, 0.15) is 61.1 Å². The molecule has 13 rings (SSSR count). The molecular formula is C74H60N2. The second-order valence-corrected chi connectivity index (χ2v) is 21.9. The molecule has 0 unspecified atom stereocenters. The fourth-order valence-electron chi connectivity index (χ4n) is 12.8. The summed E-state index contributed by atoms with van der Waals surface area (Å²) in [4.78, 5) is 4.89. The van der Waals surface area contributed by atoms with Gasteiger partial charge < -0.3 is 9.80 Å². The van der Waals surface area contributed by atoms with Crippen molar-refractivity contribution in [3.63, 3.8) is 0 Å². The fourth-order valence-corrected chi connectivity index (χ4v) is 12.8. The van der Waals surface area contributed by atoms with Crippen molar-refractivity contribution in [1.82, 2.24) is 0 Å². The predicted octanol–water partition coefficient (Wildman–Crippen LogP) is 20.5. The van der Waals surface area contributed by atoms with Crippen LogP contribution in [0.25, 0.3) is 66.8 Å². The zero-order valence-electron chi connectivity index (χ0n) is 44.1. The van der Waals surface area contributed by atoms with Crippen molar-refractivity contribution in [2.24, 2.45) is 0 Å². The van der Waals surface area contributed by atoms with Gasteiger partial charge in [0.1, 0.15) is 0 Å². The lowest BCUT2D eigenvalue weighted by molar-refractivity contribution is 0.601. The number of anilines is 6. The van der Waals surface area contributed by atoms with Crippen molar-refractivity contribution in [3.05, 3.63) is 288 Å². The van der Waals surface area contributed by atoms with Gasteiger partial charge in [0.15, 0.2) is 0 Å². The smallest absolute Gasteiger partial charge is 0.0467 e. The average molecular weight is 977 g/mol. The minimum atomic E-state index is -0.288. The molecule has 366 valence electrons. The molecule has 0 radical (unpaired) electrons. The highest BCUT2D eigenvalue weighted by Gasteiger charge is 2.47. The summed E-state index contributed by atoms with van der Waals surface area (Å²) in [7, 11) is 0. The third-order valence-electron chi connectivity index (χ3n) is 16.3. The van der Waals surface area contributed by atoms with Crippen LogP contribution in [0.3, 0.4) is 0 Å². The average Bonchev–Trinajstić information content (AvgIpc) is 4.10. The van der Waals surface area contributed by atoms with E-state index in [-0.39, 0.29) is 10.8 Å². The lowest BCUT2D eigenvalue weighted by Crippen LogP contribution is -2.24. The van der Waals surface area contributed by atoms with Gasteiger partial charge in [-0.3, -0.25) is 0 Å². The van der Waals surface area contributed by atoms with E-state index in [0.29, 0.717) is 0 Å². The standard InChI is InChI=1S/C74H60N2/c1-49-41-63(75(59-33-15-9-16-34-59)61-37-21-31-57(45-61)55-29-19-27-53(43-55)51-23-11-7-12-24-51)47-67-69(49)65-39-40-66-70-50(2)42-64(48-68(70)74(5,6)72(66)71(65)73(67,3)4)76(60-35-17-10-18-36-60)62-38-22-32-58(46-62)56-30-20-28-54(44-56)52-25-13-8-14-26-52/h7-48H,1-6H3. The molecule has 0 bridgehead atoms. The van der Waals surface area contributed by atoms with Crippen LogP contribution in [0.5, 0.6) is 0 Å². The number of rotatable bonds is 10. The molecule has 0 aliphatic heterocycles. The van der Waals surface area contributed by atoms with Crippen LogP contribution in [0, 0.1) is 13.8 Å². The van der Waals surface area contributed by atoms with Gasteiger partial charge in [-0.05, 0) is 199 Å². The monoisotopic (exact) mass is 976 g/mol. The Morgan fingerprint density at radius 1 is 0.250 bits per heavy atom. The molecule has 2 nitrogen and oxygen atoms in total. The first-order valence-corrected chi connectivity index (χ1v) is 26.7. The van der Waals surface area contributed by atoms with Gasteiger partial charge in [-0.2, -0.15) is 0 Å². The summed E-state index contributed by atoms with van der Waals surface area (Å²) in [5.41, 5.74) is 29.5. The Balaban J connectivity index is 0.892. The number of fused-ring (bicyclic) bond motifs is 7. The van der Waals surface area contributed by atoms with Gasteiger partial charge in [0.25, 0.3) is 0 Å². The van der Waals surface area contributed by atoms with Crippen molar-refractivity contribution >= 4 is 34.1 Å². The molecule has 0 spiro atoms. The minimum Gasteiger partial charge on any atom is -0.310 e. The zero-order valence-corrected chi connectivity index (χ0v) is 44.1. The first-order valence-electron chi connectivity index (χ1n) is 26.7.